The van der Waals surface area contributed by atoms with Gasteiger partial charge in [0.15, 0.2) is 0 Å². The number of benzene rings is 1. The maximum Gasteiger partial charge on any atom is 0.226 e. The summed E-state index contributed by atoms with van der Waals surface area (Å²) in [6.45, 7) is 0.659. The zero-order chi connectivity index (χ0) is 14.7. The van der Waals surface area contributed by atoms with Crippen LogP contribution in [0.15, 0.2) is 24.3 Å². The second-order valence-electron chi connectivity index (χ2n) is 6.00. The van der Waals surface area contributed by atoms with Gasteiger partial charge in [0.1, 0.15) is 0 Å². The molecular weight excluding hydrogens is 286 g/mol. The molecule has 1 heterocycles. The van der Waals surface area contributed by atoms with Gasteiger partial charge in [0, 0.05) is 17.6 Å². The predicted octanol–water partition coefficient (Wildman–Crippen LogP) is 2.55. The maximum absolute atomic E-state index is 12.5. The van der Waals surface area contributed by atoms with Gasteiger partial charge in [0.2, 0.25) is 5.91 Å². The molecule has 2 aliphatic rings. The Bertz CT molecular complexity index is 485. The summed E-state index contributed by atoms with van der Waals surface area (Å²) in [5, 5.41) is 3.94. The molecule has 1 aromatic carbocycles. The normalized spacial score (nSPS) is 26.7. The Morgan fingerprint density at radius 3 is 2.57 bits per heavy atom. The number of rotatable bonds is 3. The summed E-state index contributed by atoms with van der Waals surface area (Å²) in [6.07, 6.45) is 5.99. The van der Waals surface area contributed by atoms with Crippen LogP contribution in [0.2, 0.25) is 5.02 Å². The van der Waals surface area contributed by atoms with Crippen molar-refractivity contribution in [3.8, 4) is 0 Å². The molecule has 21 heavy (non-hydrogen) atoms. The summed E-state index contributed by atoms with van der Waals surface area (Å²) >= 11 is 5.93. The molecule has 0 spiro atoms. The second-order valence-corrected chi connectivity index (χ2v) is 6.44. The molecule has 1 amide bonds. The summed E-state index contributed by atoms with van der Waals surface area (Å²) < 4.78 is 0. The first kappa shape index (κ1) is 14.8. The van der Waals surface area contributed by atoms with Crippen LogP contribution in [0.25, 0.3) is 0 Å². The molecule has 2 fully saturated rings. The van der Waals surface area contributed by atoms with Crippen molar-refractivity contribution in [3.05, 3.63) is 34.9 Å². The zero-order valence-corrected chi connectivity index (χ0v) is 12.8. The van der Waals surface area contributed by atoms with E-state index in [1.165, 1.54) is 19.3 Å². The molecule has 1 aliphatic carbocycles. The zero-order valence-electron chi connectivity index (χ0n) is 12.1. The van der Waals surface area contributed by atoms with Gasteiger partial charge in [-0.15, -0.1) is 0 Å². The molecule has 5 heteroatoms. The Hall–Kier alpha value is -1.10. The van der Waals surface area contributed by atoms with Crippen LogP contribution in [0.3, 0.4) is 0 Å². The van der Waals surface area contributed by atoms with Crippen molar-refractivity contribution in [2.45, 2.75) is 44.2 Å². The van der Waals surface area contributed by atoms with Crippen LogP contribution in [-0.2, 0) is 4.79 Å². The molecule has 2 atom stereocenters. The fourth-order valence-electron chi connectivity index (χ4n) is 3.28. The quantitative estimate of drug-likeness (QED) is 0.804. The lowest BCUT2D eigenvalue weighted by Crippen LogP contribution is -2.42. The van der Waals surface area contributed by atoms with Gasteiger partial charge < -0.3 is 5.32 Å². The first-order valence-electron chi connectivity index (χ1n) is 7.78. The van der Waals surface area contributed by atoms with Crippen molar-refractivity contribution in [1.82, 2.24) is 16.2 Å². The summed E-state index contributed by atoms with van der Waals surface area (Å²) in [4.78, 5) is 12.5. The van der Waals surface area contributed by atoms with Gasteiger partial charge >= 0.3 is 0 Å². The minimum atomic E-state index is -0.0758. The third-order valence-electron chi connectivity index (χ3n) is 4.50. The van der Waals surface area contributed by atoms with E-state index in [-0.39, 0.29) is 17.9 Å². The van der Waals surface area contributed by atoms with Gasteiger partial charge in [-0.1, -0.05) is 43.0 Å². The monoisotopic (exact) mass is 307 g/mol. The average molecular weight is 308 g/mol. The highest BCUT2D eigenvalue weighted by Gasteiger charge is 2.34. The van der Waals surface area contributed by atoms with E-state index >= 15 is 0 Å². The summed E-state index contributed by atoms with van der Waals surface area (Å²) in [6, 6.07) is 8.06. The van der Waals surface area contributed by atoms with Crippen molar-refractivity contribution in [3.63, 3.8) is 0 Å². The van der Waals surface area contributed by atoms with Gasteiger partial charge in [-0.2, -0.15) is 0 Å². The van der Waals surface area contributed by atoms with Crippen LogP contribution >= 0.6 is 11.6 Å². The van der Waals surface area contributed by atoms with Crippen molar-refractivity contribution in [2.24, 2.45) is 5.92 Å². The standard InChI is InChI=1S/C16H22ClN3O/c17-12-8-6-11(7-9-12)15-14(10-18-20-15)16(21)19-13-4-2-1-3-5-13/h6-9,13-15,18,20H,1-5,10H2,(H,19,21). The lowest BCUT2D eigenvalue weighted by molar-refractivity contribution is -0.125. The van der Waals surface area contributed by atoms with Crippen molar-refractivity contribution in [2.75, 3.05) is 6.54 Å². The Morgan fingerprint density at radius 2 is 1.86 bits per heavy atom. The van der Waals surface area contributed by atoms with Crippen LogP contribution in [-0.4, -0.2) is 18.5 Å². The second kappa shape index (κ2) is 6.77. The molecule has 1 saturated heterocycles. The van der Waals surface area contributed by atoms with E-state index in [0.29, 0.717) is 17.6 Å². The van der Waals surface area contributed by atoms with E-state index in [2.05, 4.69) is 16.2 Å². The van der Waals surface area contributed by atoms with Crippen LogP contribution in [0.4, 0.5) is 0 Å². The molecule has 3 rings (SSSR count). The first-order valence-corrected chi connectivity index (χ1v) is 8.16. The van der Waals surface area contributed by atoms with E-state index in [1.807, 2.05) is 24.3 Å². The minimum Gasteiger partial charge on any atom is -0.353 e. The van der Waals surface area contributed by atoms with Crippen LogP contribution in [0.5, 0.6) is 0 Å². The summed E-state index contributed by atoms with van der Waals surface area (Å²) in [7, 11) is 0. The smallest absolute Gasteiger partial charge is 0.226 e. The molecule has 0 radical (unpaired) electrons. The van der Waals surface area contributed by atoms with Gasteiger partial charge in [-0.25, -0.2) is 5.43 Å². The Balaban J connectivity index is 1.65. The third-order valence-corrected chi connectivity index (χ3v) is 4.75. The number of carbonyl (C=O) groups is 1. The predicted molar refractivity (Wildman–Crippen MR) is 83.8 cm³/mol. The molecule has 114 valence electrons. The first-order chi connectivity index (χ1) is 10.2. The van der Waals surface area contributed by atoms with E-state index in [0.717, 1.165) is 18.4 Å². The topological polar surface area (TPSA) is 53.2 Å². The van der Waals surface area contributed by atoms with Crippen molar-refractivity contribution >= 4 is 17.5 Å². The molecule has 1 saturated carbocycles. The van der Waals surface area contributed by atoms with E-state index in [1.54, 1.807) is 0 Å². The summed E-state index contributed by atoms with van der Waals surface area (Å²) in [5.41, 5.74) is 7.41. The van der Waals surface area contributed by atoms with Crippen LogP contribution in [0.1, 0.15) is 43.7 Å². The van der Waals surface area contributed by atoms with Gasteiger partial charge in [-0.3, -0.25) is 10.2 Å². The Morgan fingerprint density at radius 1 is 1.14 bits per heavy atom. The largest absolute Gasteiger partial charge is 0.353 e. The number of carbonyl (C=O) groups excluding carboxylic acids is 1. The van der Waals surface area contributed by atoms with E-state index < -0.39 is 0 Å². The molecule has 2 unspecified atom stereocenters. The fraction of sp³-hybridized carbons (Fsp3) is 0.562. The lowest BCUT2D eigenvalue weighted by Gasteiger charge is -2.26. The Kier molecular flexibility index (Phi) is 4.78. The molecule has 3 N–H and O–H groups in total. The van der Waals surface area contributed by atoms with E-state index in [4.69, 9.17) is 11.6 Å². The van der Waals surface area contributed by atoms with E-state index in [9.17, 15) is 4.79 Å². The molecule has 0 aromatic heterocycles. The molecule has 1 aromatic rings. The number of hydrogen-bond acceptors (Lipinski definition) is 3. The number of hydrazine groups is 1. The highest BCUT2D eigenvalue weighted by atomic mass is 35.5. The third kappa shape index (κ3) is 3.57. The number of amides is 1. The number of nitrogens with one attached hydrogen (secondary N) is 3. The molecule has 0 bridgehead atoms. The van der Waals surface area contributed by atoms with Gasteiger partial charge in [-0.05, 0) is 30.5 Å². The van der Waals surface area contributed by atoms with Gasteiger partial charge in [0.25, 0.3) is 0 Å². The maximum atomic E-state index is 12.5. The number of hydrogen-bond donors (Lipinski definition) is 3. The molecule has 1 aliphatic heterocycles. The lowest BCUT2D eigenvalue weighted by atomic mass is 9.92. The Labute approximate surface area is 130 Å². The van der Waals surface area contributed by atoms with Crippen LogP contribution < -0.4 is 16.2 Å². The number of halogens is 1. The van der Waals surface area contributed by atoms with Crippen LogP contribution in [0, 0.1) is 5.92 Å². The SMILES string of the molecule is O=C(NC1CCCCC1)C1CNNC1c1ccc(Cl)cc1. The minimum absolute atomic E-state index is 0.00542. The van der Waals surface area contributed by atoms with Crippen molar-refractivity contribution in [1.29, 1.82) is 0 Å². The fourth-order valence-corrected chi connectivity index (χ4v) is 3.41. The molecule has 4 nitrogen and oxygen atoms in total. The van der Waals surface area contributed by atoms with Crippen molar-refractivity contribution < 1.29 is 4.79 Å². The average Bonchev–Trinajstić information content (AvgIpc) is 2.98. The summed E-state index contributed by atoms with van der Waals surface area (Å²) in [5.74, 6) is 0.0763. The highest BCUT2D eigenvalue weighted by molar-refractivity contribution is 6.30. The van der Waals surface area contributed by atoms with Gasteiger partial charge in [0.05, 0.1) is 12.0 Å². The molecular formula is C16H22ClN3O. The highest BCUT2D eigenvalue weighted by Crippen LogP contribution is 2.27.